The molecule has 4 aromatic rings. The van der Waals surface area contributed by atoms with E-state index in [4.69, 9.17) is 9.72 Å². The Kier molecular flexibility index (Phi) is 4.29. The maximum Gasteiger partial charge on any atom is 0.281 e. The minimum Gasteiger partial charge on any atom is -0.361 e. The third-order valence-electron chi connectivity index (χ3n) is 4.26. The summed E-state index contributed by atoms with van der Waals surface area (Å²) in [7, 11) is 0. The number of hydrogen-bond acceptors (Lipinski definition) is 5. The zero-order valence-electron chi connectivity index (χ0n) is 14.8. The van der Waals surface area contributed by atoms with E-state index in [1.54, 1.807) is 23.2 Å². The lowest BCUT2D eigenvalue weighted by molar-refractivity contribution is 0.0809. The Morgan fingerprint density at radius 3 is 2.85 bits per heavy atom. The molecule has 0 radical (unpaired) electrons. The summed E-state index contributed by atoms with van der Waals surface area (Å²) in [6.07, 6.45) is 8.69. The van der Waals surface area contributed by atoms with Crippen molar-refractivity contribution in [2.45, 2.75) is 40.0 Å². The number of aromatic nitrogens is 7. The van der Waals surface area contributed by atoms with E-state index < -0.39 is 0 Å². The Morgan fingerprint density at radius 1 is 1.23 bits per heavy atom. The normalized spacial score (nSPS) is 11.8. The number of fused-ring (bicyclic) bond motifs is 3. The molecule has 0 saturated heterocycles. The molecule has 136 valence electrons. The van der Waals surface area contributed by atoms with Crippen LogP contribution in [0.15, 0.2) is 29.6 Å². The van der Waals surface area contributed by atoms with E-state index in [-0.39, 0.29) is 12.3 Å². The molecular formula is C17H21N7O2. The molecule has 0 fully saturated rings. The molecule has 9 nitrogen and oxygen atoms in total. The highest BCUT2D eigenvalue weighted by Gasteiger charge is 2.21. The molecule has 0 spiro atoms. The first-order valence-corrected chi connectivity index (χ1v) is 8.79. The fourth-order valence-electron chi connectivity index (χ4n) is 3.14. The summed E-state index contributed by atoms with van der Waals surface area (Å²) in [5.74, 6) is 1.24. The number of nitrogens with zero attached hydrogens (tertiary/aromatic N) is 6. The van der Waals surface area contributed by atoms with Crippen molar-refractivity contribution < 1.29 is 4.74 Å². The number of aryl methyl sites for hydroxylation is 1. The number of nitrogens with one attached hydrogen (secondary N) is 1. The second kappa shape index (κ2) is 6.75. The fourth-order valence-corrected chi connectivity index (χ4v) is 3.14. The van der Waals surface area contributed by atoms with Crippen LogP contribution in [0.5, 0.6) is 0 Å². The molecule has 4 heterocycles. The molecule has 0 atom stereocenters. The van der Waals surface area contributed by atoms with Crippen LogP contribution >= 0.6 is 0 Å². The third kappa shape index (κ3) is 2.51. The molecule has 0 aliphatic heterocycles. The van der Waals surface area contributed by atoms with Gasteiger partial charge >= 0.3 is 0 Å². The number of ether oxygens (including phenoxy) is 1. The number of H-pyrrole nitrogens is 1. The van der Waals surface area contributed by atoms with Crippen molar-refractivity contribution in [2.24, 2.45) is 0 Å². The van der Waals surface area contributed by atoms with Gasteiger partial charge in [-0.05, 0) is 12.8 Å². The maximum atomic E-state index is 13.2. The number of rotatable bonds is 7. The van der Waals surface area contributed by atoms with Crippen molar-refractivity contribution in [1.82, 2.24) is 33.7 Å². The van der Waals surface area contributed by atoms with E-state index in [1.165, 1.54) is 0 Å². The Bertz CT molecular complexity index is 1090. The Hall–Kier alpha value is -2.94. The summed E-state index contributed by atoms with van der Waals surface area (Å²) in [6, 6.07) is 0. The standard InChI is InChI=1S/C17H21N7O2/c1-3-6-23-16(25)13-15(22-7-5-18-17(22)23)21-14(12-9-19-20-10-12)24(13)11-26-8-4-2/h5,7,9-10H,3-4,6,8,11H2,1-2H3,(H,19,20). The van der Waals surface area contributed by atoms with Gasteiger partial charge in [-0.1, -0.05) is 13.8 Å². The highest BCUT2D eigenvalue weighted by molar-refractivity contribution is 5.78. The molecule has 4 rings (SSSR count). The molecule has 0 aromatic carbocycles. The van der Waals surface area contributed by atoms with Gasteiger partial charge in [-0.2, -0.15) is 5.10 Å². The predicted octanol–water partition coefficient (Wildman–Crippen LogP) is 2.03. The SMILES string of the molecule is CCCOCn1c(-c2cn[nH]c2)nc2c1c(=O)n(CCC)c1nccn21. The Labute approximate surface area is 149 Å². The van der Waals surface area contributed by atoms with Gasteiger partial charge in [0, 0.05) is 31.7 Å². The average Bonchev–Trinajstić information content (AvgIpc) is 3.36. The van der Waals surface area contributed by atoms with Gasteiger partial charge < -0.3 is 4.74 Å². The molecule has 0 unspecified atom stereocenters. The minimum absolute atomic E-state index is 0.108. The van der Waals surface area contributed by atoms with E-state index >= 15 is 0 Å². The Morgan fingerprint density at radius 2 is 2.12 bits per heavy atom. The van der Waals surface area contributed by atoms with Gasteiger partial charge in [0.25, 0.3) is 5.56 Å². The summed E-state index contributed by atoms with van der Waals surface area (Å²) in [5.41, 5.74) is 1.78. The lowest BCUT2D eigenvalue weighted by atomic mass is 10.3. The molecule has 4 aromatic heterocycles. The van der Waals surface area contributed by atoms with Gasteiger partial charge in [-0.25, -0.2) is 9.97 Å². The smallest absolute Gasteiger partial charge is 0.281 e. The average molecular weight is 355 g/mol. The van der Waals surface area contributed by atoms with Crippen LogP contribution in [-0.4, -0.2) is 40.3 Å². The summed E-state index contributed by atoms with van der Waals surface area (Å²) in [6.45, 7) is 5.55. The van der Waals surface area contributed by atoms with Crippen LogP contribution in [0, 0.1) is 0 Å². The monoisotopic (exact) mass is 355 g/mol. The molecule has 9 heteroatoms. The van der Waals surface area contributed by atoms with Gasteiger partial charge in [0.05, 0.1) is 11.8 Å². The van der Waals surface area contributed by atoms with Crippen LogP contribution in [0.4, 0.5) is 0 Å². The molecule has 0 aliphatic rings. The van der Waals surface area contributed by atoms with E-state index in [0.29, 0.717) is 35.9 Å². The summed E-state index contributed by atoms with van der Waals surface area (Å²) < 4.78 is 11.1. The largest absolute Gasteiger partial charge is 0.361 e. The third-order valence-corrected chi connectivity index (χ3v) is 4.26. The zero-order chi connectivity index (χ0) is 18.1. The zero-order valence-corrected chi connectivity index (χ0v) is 14.8. The molecule has 1 N–H and O–H groups in total. The number of imidazole rings is 2. The highest BCUT2D eigenvalue weighted by atomic mass is 16.5. The van der Waals surface area contributed by atoms with Crippen molar-refractivity contribution in [2.75, 3.05) is 6.61 Å². The van der Waals surface area contributed by atoms with Crippen LogP contribution in [-0.2, 0) is 18.0 Å². The second-order valence-electron chi connectivity index (χ2n) is 6.11. The van der Waals surface area contributed by atoms with Crippen molar-refractivity contribution in [3.63, 3.8) is 0 Å². The first kappa shape index (κ1) is 16.5. The first-order chi connectivity index (χ1) is 12.8. The van der Waals surface area contributed by atoms with E-state index in [9.17, 15) is 4.79 Å². The molecular weight excluding hydrogens is 334 g/mol. The van der Waals surface area contributed by atoms with E-state index in [1.807, 2.05) is 29.0 Å². The summed E-state index contributed by atoms with van der Waals surface area (Å²) in [4.78, 5) is 22.3. The number of aromatic amines is 1. The van der Waals surface area contributed by atoms with Gasteiger partial charge in [0.2, 0.25) is 5.78 Å². The lowest BCUT2D eigenvalue weighted by Crippen LogP contribution is -2.25. The van der Waals surface area contributed by atoms with Crippen LogP contribution < -0.4 is 5.56 Å². The minimum atomic E-state index is -0.108. The van der Waals surface area contributed by atoms with Crippen LogP contribution in [0.3, 0.4) is 0 Å². The van der Waals surface area contributed by atoms with Gasteiger partial charge in [0.15, 0.2) is 11.2 Å². The van der Waals surface area contributed by atoms with Crippen molar-refractivity contribution in [3.8, 4) is 11.4 Å². The lowest BCUT2D eigenvalue weighted by Gasteiger charge is -2.10. The molecule has 26 heavy (non-hydrogen) atoms. The predicted molar refractivity (Wildman–Crippen MR) is 96.9 cm³/mol. The van der Waals surface area contributed by atoms with Gasteiger partial charge in [-0.3, -0.25) is 23.4 Å². The fraction of sp³-hybridized carbons (Fsp3) is 0.412. The first-order valence-electron chi connectivity index (χ1n) is 8.79. The molecule has 0 amide bonds. The van der Waals surface area contributed by atoms with Crippen LogP contribution in [0.25, 0.3) is 28.3 Å². The van der Waals surface area contributed by atoms with E-state index in [0.717, 1.165) is 18.4 Å². The molecule has 0 aliphatic carbocycles. The van der Waals surface area contributed by atoms with Crippen molar-refractivity contribution in [1.29, 1.82) is 0 Å². The molecule has 0 bridgehead atoms. The van der Waals surface area contributed by atoms with Crippen LogP contribution in [0.1, 0.15) is 26.7 Å². The van der Waals surface area contributed by atoms with E-state index in [2.05, 4.69) is 15.2 Å². The number of hydrogen-bond donors (Lipinski definition) is 1. The van der Waals surface area contributed by atoms with Gasteiger partial charge in [-0.15, -0.1) is 0 Å². The Balaban J connectivity index is 2.04. The van der Waals surface area contributed by atoms with Crippen LogP contribution in [0.2, 0.25) is 0 Å². The summed E-state index contributed by atoms with van der Waals surface area (Å²) >= 11 is 0. The van der Waals surface area contributed by atoms with Crippen molar-refractivity contribution in [3.05, 3.63) is 35.1 Å². The second-order valence-corrected chi connectivity index (χ2v) is 6.11. The summed E-state index contributed by atoms with van der Waals surface area (Å²) in [5, 5.41) is 6.81. The van der Waals surface area contributed by atoms with Gasteiger partial charge in [0.1, 0.15) is 12.6 Å². The van der Waals surface area contributed by atoms with Crippen molar-refractivity contribution >= 4 is 16.9 Å². The maximum absolute atomic E-state index is 13.2. The topological polar surface area (TPSA) is 95.0 Å². The quantitative estimate of drug-likeness (QED) is 0.512. The highest BCUT2D eigenvalue weighted by Crippen LogP contribution is 2.23. The molecule has 0 saturated carbocycles.